The van der Waals surface area contributed by atoms with E-state index < -0.39 is 17.9 Å². The largest absolute Gasteiger partial charge is 0.370 e. The highest BCUT2D eigenvalue weighted by Gasteiger charge is 2.28. The predicted molar refractivity (Wildman–Crippen MR) is 92.0 cm³/mol. The third-order valence-corrected chi connectivity index (χ3v) is 4.29. The number of carbonyl (C=O) groups excluding carboxylic acids is 3. The lowest BCUT2D eigenvalue weighted by Crippen LogP contribution is -2.50. The molecule has 1 saturated heterocycles. The summed E-state index contributed by atoms with van der Waals surface area (Å²) in [4.78, 5) is 37.2. The van der Waals surface area contributed by atoms with Crippen LogP contribution in [0.4, 0.5) is 11.4 Å². The molecule has 1 atom stereocenters. The van der Waals surface area contributed by atoms with Crippen LogP contribution in [-0.4, -0.2) is 50.1 Å². The molecule has 1 aromatic rings. The summed E-state index contributed by atoms with van der Waals surface area (Å²) in [7, 11) is 0. The molecule has 2 aliphatic rings. The zero-order valence-corrected chi connectivity index (χ0v) is 13.9. The standard InChI is InChI=1S/C17H22N4O4/c18-16(23)15(19-9-11-1-2-11)17(24)20-12-3-5-13(6-4-12)21-7-8-25-10-14(21)22/h3-6,11,15,19H,1-2,7-10H2,(H2,18,23)(H,20,24)/t15-/m1/s1. The molecule has 0 aromatic heterocycles. The van der Waals surface area contributed by atoms with E-state index in [2.05, 4.69) is 10.6 Å². The van der Waals surface area contributed by atoms with E-state index in [0.29, 0.717) is 31.3 Å². The predicted octanol–water partition coefficient (Wildman–Crippen LogP) is -0.158. The molecule has 4 N–H and O–H groups in total. The van der Waals surface area contributed by atoms with Crippen LogP contribution in [0.15, 0.2) is 24.3 Å². The maximum absolute atomic E-state index is 12.3. The van der Waals surface area contributed by atoms with Crippen molar-refractivity contribution in [2.45, 2.75) is 18.9 Å². The van der Waals surface area contributed by atoms with Crippen LogP contribution in [0.2, 0.25) is 0 Å². The Morgan fingerprint density at radius 3 is 2.60 bits per heavy atom. The minimum absolute atomic E-state index is 0.0748. The van der Waals surface area contributed by atoms with Gasteiger partial charge in [0, 0.05) is 17.9 Å². The third kappa shape index (κ3) is 4.55. The molecule has 1 aliphatic carbocycles. The van der Waals surface area contributed by atoms with Gasteiger partial charge in [-0.3, -0.25) is 19.7 Å². The average Bonchev–Trinajstić information content (AvgIpc) is 3.40. The molecule has 0 unspecified atom stereocenters. The van der Waals surface area contributed by atoms with Crippen molar-refractivity contribution >= 4 is 29.1 Å². The number of morpholine rings is 1. The number of carbonyl (C=O) groups is 3. The summed E-state index contributed by atoms with van der Waals surface area (Å²) in [6.45, 7) is 1.68. The first-order valence-corrected chi connectivity index (χ1v) is 8.36. The number of hydrogen-bond acceptors (Lipinski definition) is 5. The average molecular weight is 346 g/mol. The molecule has 3 amide bonds. The Morgan fingerprint density at radius 2 is 2.00 bits per heavy atom. The summed E-state index contributed by atoms with van der Waals surface area (Å²) < 4.78 is 5.10. The topological polar surface area (TPSA) is 114 Å². The van der Waals surface area contributed by atoms with Gasteiger partial charge < -0.3 is 20.7 Å². The van der Waals surface area contributed by atoms with Crippen LogP contribution in [0.5, 0.6) is 0 Å². The van der Waals surface area contributed by atoms with Gasteiger partial charge in [-0.1, -0.05) is 0 Å². The first kappa shape index (κ1) is 17.4. The molecule has 1 aliphatic heterocycles. The third-order valence-electron chi connectivity index (χ3n) is 4.29. The lowest BCUT2D eigenvalue weighted by Gasteiger charge is -2.27. The minimum atomic E-state index is -1.05. The number of primary amides is 1. The SMILES string of the molecule is NC(=O)[C@@H](NCC1CC1)C(=O)Nc1ccc(N2CCOCC2=O)cc1. The van der Waals surface area contributed by atoms with Crippen molar-refractivity contribution in [2.24, 2.45) is 11.7 Å². The normalized spacial score (nSPS) is 18.7. The fraction of sp³-hybridized carbons (Fsp3) is 0.471. The van der Waals surface area contributed by atoms with Gasteiger partial charge in [0.05, 0.1) is 6.61 Å². The Labute approximate surface area is 145 Å². The summed E-state index contributed by atoms with van der Waals surface area (Å²) >= 11 is 0. The Hall–Kier alpha value is -2.45. The number of nitrogens with zero attached hydrogens (tertiary/aromatic N) is 1. The van der Waals surface area contributed by atoms with Gasteiger partial charge in [0.1, 0.15) is 6.61 Å². The number of amides is 3. The minimum Gasteiger partial charge on any atom is -0.370 e. The molecule has 1 saturated carbocycles. The van der Waals surface area contributed by atoms with Gasteiger partial charge in [0.2, 0.25) is 5.91 Å². The lowest BCUT2D eigenvalue weighted by molar-refractivity contribution is -0.128. The fourth-order valence-corrected chi connectivity index (χ4v) is 2.66. The quantitative estimate of drug-likeness (QED) is 0.594. The second-order valence-electron chi connectivity index (χ2n) is 6.32. The molecule has 8 heteroatoms. The van der Waals surface area contributed by atoms with Crippen LogP contribution in [0.25, 0.3) is 0 Å². The van der Waals surface area contributed by atoms with Crippen molar-refractivity contribution in [2.75, 3.05) is 36.5 Å². The maximum Gasteiger partial charge on any atom is 0.253 e. The van der Waals surface area contributed by atoms with E-state index in [9.17, 15) is 14.4 Å². The Morgan fingerprint density at radius 1 is 1.28 bits per heavy atom. The molecule has 25 heavy (non-hydrogen) atoms. The highest BCUT2D eigenvalue weighted by molar-refractivity contribution is 6.09. The molecule has 1 aromatic carbocycles. The van der Waals surface area contributed by atoms with Crippen LogP contribution in [0.3, 0.4) is 0 Å². The van der Waals surface area contributed by atoms with Crippen LogP contribution in [0.1, 0.15) is 12.8 Å². The Balaban J connectivity index is 1.60. The van der Waals surface area contributed by atoms with Gasteiger partial charge in [0.15, 0.2) is 6.04 Å². The van der Waals surface area contributed by atoms with Crippen molar-refractivity contribution in [3.8, 4) is 0 Å². The van der Waals surface area contributed by atoms with Crippen LogP contribution in [-0.2, 0) is 19.1 Å². The van der Waals surface area contributed by atoms with Crippen molar-refractivity contribution in [3.63, 3.8) is 0 Å². The van der Waals surface area contributed by atoms with E-state index in [1.165, 1.54) is 0 Å². The summed E-state index contributed by atoms with van der Waals surface area (Å²) in [5.41, 5.74) is 6.59. The molecule has 1 heterocycles. The van der Waals surface area contributed by atoms with E-state index in [1.54, 1.807) is 29.2 Å². The van der Waals surface area contributed by atoms with Gasteiger partial charge in [0.25, 0.3) is 11.8 Å². The summed E-state index contributed by atoms with van der Waals surface area (Å²) in [6.07, 6.45) is 2.23. The highest BCUT2D eigenvalue weighted by Crippen LogP contribution is 2.27. The highest BCUT2D eigenvalue weighted by atomic mass is 16.5. The fourth-order valence-electron chi connectivity index (χ4n) is 2.66. The number of hydrogen-bond donors (Lipinski definition) is 3. The van der Waals surface area contributed by atoms with Crippen LogP contribution < -0.4 is 21.3 Å². The molecular formula is C17H22N4O4. The Kier molecular flexibility index (Phi) is 5.30. The number of anilines is 2. The summed E-state index contributed by atoms with van der Waals surface area (Å²) in [6, 6.07) is 5.82. The second kappa shape index (κ2) is 7.62. The van der Waals surface area contributed by atoms with Gasteiger partial charge in [-0.05, 0) is 49.6 Å². The molecule has 0 spiro atoms. The number of nitrogens with two attached hydrogens (primary N) is 1. The monoisotopic (exact) mass is 346 g/mol. The van der Waals surface area contributed by atoms with Crippen molar-refractivity contribution in [3.05, 3.63) is 24.3 Å². The maximum atomic E-state index is 12.3. The molecule has 0 bridgehead atoms. The second-order valence-corrected chi connectivity index (χ2v) is 6.32. The zero-order valence-electron chi connectivity index (χ0n) is 13.9. The molecule has 3 rings (SSSR count). The molecule has 134 valence electrons. The molecule has 2 fully saturated rings. The van der Waals surface area contributed by atoms with E-state index in [1.807, 2.05) is 0 Å². The van der Waals surface area contributed by atoms with Gasteiger partial charge >= 0.3 is 0 Å². The van der Waals surface area contributed by atoms with E-state index >= 15 is 0 Å². The first-order valence-electron chi connectivity index (χ1n) is 8.36. The van der Waals surface area contributed by atoms with E-state index in [4.69, 9.17) is 10.5 Å². The van der Waals surface area contributed by atoms with Crippen molar-refractivity contribution in [1.29, 1.82) is 0 Å². The van der Waals surface area contributed by atoms with Crippen LogP contribution >= 0.6 is 0 Å². The number of rotatable bonds is 7. The summed E-state index contributed by atoms with van der Waals surface area (Å²) in [5.74, 6) is -0.752. The molecule has 8 nitrogen and oxygen atoms in total. The molecular weight excluding hydrogens is 324 g/mol. The van der Waals surface area contributed by atoms with Crippen molar-refractivity contribution in [1.82, 2.24) is 5.32 Å². The van der Waals surface area contributed by atoms with E-state index in [0.717, 1.165) is 18.5 Å². The van der Waals surface area contributed by atoms with Gasteiger partial charge in [-0.25, -0.2) is 0 Å². The Bertz CT molecular complexity index is 657. The molecule has 0 radical (unpaired) electrons. The van der Waals surface area contributed by atoms with Gasteiger partial charge in [-0.15, -0.1) is 0 Å². The van der Waals surface area contributed by atoms with Crippen molar-refractivity contribution < 1.29 is 19.1 Å². The summed E-state index contributed by atoms with van der Waals surface area (Å²) in [5, 5.41) is 5.60. The van der Waals surface area contributed by atoms with Crippen LogP contribution in [0, 0.1) is 5.92 Å². The number of ether oxygens (including phenoxy) is 1. The zero-order chi connectivity index (χ0) is 17.8. The smallest absolute Gasteiger partial charge is 0.253 e. The lowest BCUT2D eigenvalue weighted by atomic mass is 10.2. The number of nitrogens with one attached hydrogen (secondary N) is 2. The van der Waals surface area contributed by atoms with Gasteiger partial charge in [-0.2, -0.15) is 0 Å². The number of benzene rings is 1. The first-order chi connectivity index (χ1) is 12.0. The van der Waals surface area contributed by atoms with E-state index in [-0.39, 0.29) is 12.5 Å².